The first kappa shape index (κ1) is 23.5. The first-order valence-electron chi connectivity index (χ1n) is 9.95. The second-order valence-electron chi connectivity index (χ2n) is 7.94. The number of hydrogen-bond acceptors (Lipinski definition) is 3. The number of carbonyl (C=O) groups is 1. The van der Waals surface area contributed by atoms with Crippen molar-refractivity contribution in [1.82, 2.24) is 20.4 Å². The molecule has 2 heterocycles. The lowest BCUT2D eigenvalue weighted by Crippen LogP contribution is -2.47. The van der Waals surface area contributed by atoms with Crippen LogP contribution in [0, 0.1) is 11.8 Å². The fraction of sp³-hybridized carbons (Fsp3) is 0.895. The average molecular weight is 479 g/mol. The zero-order valence-electron chi connectivity index (χ0n) is 17.1. The number of nitrogens with zero attached hydrogens (tertiary/aromatic N) is 3. The van der Waals surface area contributed by atoms with Gasteiger partial charge in [-0.1, -0.05) is 6.92 Å². The number of carbonyl (C=O) groups excluding carboxylic acids is 1. The van der Waals surface area contributed by atoms with Gasteiger partial charge >= 0.3 is 0 Å². The molecule has 0 spiro atoms. The summed E-state index contributed by atoms with van der Waals surface area (Å²) in [5.41, 5.74) is 0. The van der Waals surface area contributed by atoms with Gasteiger partial charge in [0.15, 0.2) is 5.96 Å². The lowest BCUT2D eigenvalue weighted by atomic mass is 9.97. The zero-order valence-corrected chi connectivity index (χ0v) is 19.5. The Labute approximate surface area is 176 Å². The highest BCUT2D eigenvalue weighted by Crippen LogP contribution is 2.19. The number of hydrogen-bond donors (Lipinski definition) is 2. The predicted octanol–water partition coefficient (Wildman–Crippen LogP) is 2.15. The van der Waals surface area contributed by atoms with Crippen LogP contribution < -0.4 is 10.6 Å². The summed E-state index contributed by atoms with van der Waals surface area (Å²) in [6, 6.07) is 1.06. The monoisotopic (exact) mass is 479 g/mol. The van der Waals surface area contributed by atoms with Crippen LogP contribution in [0.15, 0.2) is 4.99 Å². The molecule has 26 heavy (non-hydrogen) atoms. The van der Waals surface area contributed by atoms with E-state index in [1.807, 2.05) is 4.90 Å². The summed E-state index contributed by atoms with van der Waals surface area (Å²) in [4.78, 5) is 20.8. The Kier molecular flexibility index (Phi) is 10.2. The Hall–Kier alpha value is -0.570. The molecule has 2 atom stereocenters. The fourth-order valence-electron chi connectivity index (χ4n) is 3.76. The Morgan fingerprint density at radius 1 is 1.23 bits per heavy atom. The third-order valence-corrected chi connectivity index (χ3v) is 5.60. The molecule has 1 amide bonds. The Morgan fingerprint density at radius 2 is 1.88 bits per heavy atom. The van der Waals surface area contributed by atoms with Gasteiger partial charge in [-0.3, -0.25) is 14.7 Å². The molecule has 2 N–H and O–H groups in total. The van der Waals surface area contributed by atoms with Crippen LogP contribution in [0.2, 0.25) is 0 Å². The van der Waals surface area contributed by atoms with Gasteiger partial charge in [0, 0.05) is 58.3 Å². The van der Waals surface area contributed by atoms with E-state index in [4.69, 9.17) is 4.99 Å². The van der Waals surface area contributed by atoms with Crippen molar-refractivity contribution in [3.05, 3.63) is 0 Å². The van der Waals surface area contributed by atoms with Crippen molar-refractivity contribution in [3.8, 4) is 0 Å². The molecule has 6 nitrogen and oxygen atoms in total. The molecule has 2 rings (SSSR count). The third-order valence-electron chi connectivity index (χ3n) is 5.60. The summed E-state index contributed by atoms with van der Waals surface area (Å²) in [5, 5.41) is 7.05. The lowest BCUT2D eigenvalue weighted by molar-refractivity contribution is -0.130. The van der Waals surface area contributed by atoms with E-state index in [0.717, 1.165) is 58.1 Å². The Bertz CT molecular complexity index is 463. The minimum absolute atomic E-state index is 0. The summed E-state index contributed by atoms with van der Waals surface area (Å²) in [7, 11) is 0. The van der Waals surface area contributed by atoms with Crippen molar-refractivity contribution in [2.45, 2.75) is 59.5 Å². The second kappa shape index (κ2) is 11.3. The summed E-state index contributed by atoms with van der Waals surface area (Å²) in [6.45, 7) is 16.3. The molecule has 2 unspecified atom stereocenters. The number of halogens is 1. The van der Waals surface area contributed by atoms with Crippen molar-refractivity contribution in [3.63, 3.8) is 0 Å². The van der Waals surface area contributed by atoms with Crippen molar-refractivity contribution in [2.24, 2.45) is 16.8 Å². The molecular formula is C19H38IN5O. The van der Waals surface area contributed by atoms with Gasteiger partial charge in [-0.2, -0.15) is 0 Å². The second-order valence-corrected chi connectivity index (χ2v) is 7.94. The van der Waals surface area contributed by atoms with Gasteiger partial charge in [0.25, 0.3) is 0 Å². The van der Waals surface area contributed by atoms with E-state index >= 15 is 0 Å². The van der Waals surface area contributed by atoms with Crippen LogP contribution in [0.5, 0.6) is 0 Å². The summed E-state index contributed by atoms with van der Waals surface area (Å²) >= 11 is 0. The molecule has 2 aliphatic rings. The molecule has 0 bridgehead atoms. The van der Waals surface area contributed by atoms with Crippen LogP contribution in [-0.2, 0) is 4.79 Å². The van der Waals surface area contributed by atoms with E-state index in [-0.39, 0.29) is 29.9 Å². The number of rotatable bonds is 5. The summed E-state index contributed by atoms with van der Waals surface area (Å²) in [5.74, 6) is 2.35. The normalized spacial score (nSPS) is 25.3. The zero-order chi connectivity index (χ0) is 18.4. The maximum Gasteiger partial charge on any atom is 0.219 e. The van der Waals surface area contributed by atoms with Gasteiger partial charge in [-0.25, -0.2) is 0 Å². The van der Waals surface area contributed by atoms with Crippen molar-refractivity contribution < 1.29 is 4.79 Å². The molecule has 152 valence electrons. The lowest BCUT2D eigenvalue weighted by Gasteiger charge is -2.30. The quantitative estimate of drug-likeness (QED) is 0.361. The maximum absolute atomic E-state index is 11.4. The minimum Gasteiger partial charge on any atom is -0.357 e. The molecule has 2 aliphatic heterocycles. The first-order valence-corrected chi connectivity index (χ1v) is 9.95. The van der Waals surface area contributed by atoms with Gasteiger partial charge in [-0.15, -0.1) is 24.0 Å². The Morgan fingerprint density at radius 3 is 2.38 bits per heavy atom. The first-order chi connectivity index (χ1) is 11.9. The van der Waals surface area contributed by atoms with Crippen LogP contribution >= 0.6 is 24.0 Å². The summed E-state index contributed by atoms with van der Waals surface area (Å²) < 4.78 is 0. The van der Waals surface area contributed by atoms with E-state index in [9.17, 15) is 4.79 Å². The average Bonchev–Trinajstić information content (AvgIpc) is 2.94. The fourth-order valence-corrected chi connectivity index (χ4v) is 3.76. The highest BCUT2D eigenvalue weighted by atomic mass is 127. The van der Waals surface area contributed by atoms with E-state index in [1.165, 1.54) is 0 Å². The number of amides is 1. The van der Waals surface area contributed by atoms with Crippen LogP contribution in [0.25, 0.3) is 0 Å². The van der Waals surface area contributed by atoms with Crippen molar-refractivity contribution in [2.75, 3.05) is 39.3 Å². The van der Waals surface area contributed by atoms with Gasteiger partial charge in [-0.05, 0) is 45.4 Å². The van der Waals surface area contributed by atoms with Crippen LogP contribution in [0.1, 0.15) is 47.5 Å². The molecule has 0 aromatic carbocycles. The molecular weight excluding hydrogens is 441 g/mol. The maximum atomic E-state index is 11.4. The number of nitrogens with one attached hydrogen (secondary N) is 2. The van der Waals surface area contributed by atoms with Crippen LogP contribution in [0.4, 0.5) is 0 Å². The molecule has 2 saturated heterocycles. The van der Waals surface area contributed by atoms with E-state index < -0.39 is 0 Å². The number of likely N-dealkylation sites (tertiary alicyclic amines) is 2. The van der Waals surface area contributed by atoms with E-state index in [2.05, 4.69) is 43.2 Å². The van der Waals surface area contributed by atoms with Crippen molar-refractivity contribution in [1.29, 1.82) is 0 Å². The molecule has 0 radical (unpaired) electrons. The van der Waals surface area contributed by atoms with E-state index in [1.54, 1.807) is 6.92 Å². The van der Waals surface area contributed by atoms with Crippen molar-refractivity contribution >= 4 is 35.8 Å². The molecule has 2 fully saturated rings. The van der Waals surface area contributed by atoms with Crippen LogP contribution in [-0.4, -0.2) is 73.0 Å². The largest absolute Gasteiger partial charge is 0.357 e. The predicted molar refractivity (Wildman–Crippen MR) is 119 cm³/mol. The Balaban J connectivity index is 0.00000338. The smallest absolute Gasteiger partial charge is 0.219 e. The molecule has 0 aromatic heterocycles. The SMILES string of the molecule is CCNC(=NCC1CCN(C(C)=O)CC1)NC1CN(C(C)C)CC1C.I. The molecule has 0 aliphatic carbocycles. The topological polar surface area (TPSA) is 60.0 Å². The van der Waals surface area contributed by atoms with Gasteiger partial charge < -0.3 is 15.5 Å². The van der Waals surface area contributed by atoms with Gasteiger partial charge in [0.2, 0.25) is 5.91 Å². The van der Waals surface area contributed by atoms with Crippen LogP contribution in [0.3, 0.4) is 0 Å². The molecule has 7 heteroatoms. The minimum atomic E-state index is 0. The molecule has 0 aromatic rings. The third kappa shape index (κ3) is 6.87. The van der Waals surface area contributed by atoms with E-state index in [0.29, 0.717) is 23.9 Å². The van der Waals surface area contributed by atoms with Gasteiger partial charge in [0.1, 0.15) is 0 Å². The standard InChI is InChI=1S/C19H37N5O.HI/c1-6-20-19(22-18-13-24(14(2)3)12-15(18)4)21-11-17-7-9-23(10-8-17)16(5)25;/h14-15,17-18H,6-13H2,1-5H3,(H2,20,21,22);1H. The van der Waals surface area contributed by atoms with Gasteiger partial charge in [0.05, 0.1) is 0 Å². The number of piperidine rings is 1. The summed E-state index contributed by atoms with van der Waals surface area (Å²) in [6.07, 6.45) is 2.12. The molecule has 0 saturated carbocycles. The highest BCUT2D eigenvalue weighted by molar-refractivity contribution is 14.0. The highest BCUT2D eigenvalue weighted by Gasteiger charge is 2.31. The number of guanidine groups is 1. The number of aliphatic imine (C=N–C) groups is 1.